The summed E-state index contributed by atoms with van der Waals surface area (Å²) in [5.41, 5.74) is 2.31. The van der Waals surface area contributed by atoms with Gasteiger partial charge < -0.3 is 9.88 Å². The molecule has 0 radical (unpaired) electrons. The van der Waals surface area contributed by atoms with E-state index in [0.717, 1.165) is 16.9 Å². The fraction of sp³-hybridized carbons (Fsp3) is 0.0500. The van der Waals surface area contributed by atoms with Crippen LogP contribution < -0.4 is 5.32 Å². The van der Waals surface area contributed by atoms with Crippen molar-refractivity contribution in [1.82, 2.24) is 14.5 Å². The van der Waals surface area contributed by atoms with Crippen LogP contribution in [0.1, 0.15) is 10.4 Å². The van der Waals surface area contributed by atoms with Gasteiger partial charge in [0.05, 0.1) is 5.56 Å². The van der Waals surface area contributed by atoms with Gasteiger partial charge in [-0.3, -0.25) is 4.79 Å². The molecule has 5 nitrogen and oxygen atoms in total. The van der Waals surface area contributed by atoms with Crippen LogP contribution in [0.2, 0.25) is 0 Å². The Morgan fingerprint density at radius 1 is 0.962 bits per heavy atom. The van der Waals surface area contributed by atoms with Crippen LogP contribution in [-0.2, 0) is 7.05 Å². The highest BCUT2D eigenvalue weighted by Crippen LogP contribution is 2.23. The van der Waals surface area contributed by atoms with Gasteiger partial charge in [-0.25, -0.2) is 14.4 Å². The summed E-state index contributed by atoms with van der Waals surface area (Å²) in [6.07, 6.45) is 0. The molecule has 0 bridgehead atoms. The number of pyridine rings is 1. The number of carbonyl (C=O) groups is 1. The molecule has 26 heavy (non-hydrogen) atoms. The minimum Gasteiger partial charge on any atom is -0.312 e. The van der Waals surface area contributed by atoms with E-state index in [1.54, 1.807) is 18.2 Å². The van der Waals surface area contributed by atoms with Gasteiger partial charge in [-0.05, 0) is 24.3 Å². The maximum atomic E-state index is 13.8. The highest BCUT2D eigenvalue weighted by Gasteiger charge is 2.14. The Labute approximate surface area is 149 Å². The lowest BCUT2D eigenvalue weighted by Crippen LogP contribution is -2.14. The predicted molar refractivity (Wildman–Crippen MR) is 98.3 cm³/mol. The minimum atomic E-state index is -0.571. The smallest absolute Gasteiger partial charge is 0.259 e. The third-order valence-corrected chi connectivity index (χ3v) is 4.11. The summed E-state index contributed by atoms with van der Waals surface area (Å²) in [5.74, 6) is 0.0115. The Balaban J connectivity index is 1.69. The number of nitrogens with zero attached hydrogens (tertiary/aromatic N) is 3. The van der Waals surface area contributed by atoms with Crippen LogP contribution in [0.5, 0.6) is 0 Å². The van der Waals surface area contributed by atoms with Crippen molar-refractivity contribution in [2.45, 2.75) is 0 Å². The summed E-state index contributed by atoms with van der Waals surface area (Å²) in [6.45, 7) is 0. The van der Waals surface area contributed by atoms with Crippen molar-refractivity contribution in [1.29, 1.82) is 0 Å². The number of hydrogen-bond acceptors (Lipinski definition) is 3. The monoisotopic (exact) mass is 346 g/mol. The van der Waals surface area contributed by atoms with Crippen LogP contribution in [0, 0.1) is 5.82 Å². The molecule has 0 unspecified atom stereocenters. The second-order valence-electron chi connectivity index (χ2n) is 5.83. The molecule has 0 saturated heterocycles. The van der Waals surface area contributed by atoms with Gasteiger partial charge in [0, 0.05) is 12.6 Å². The summed E-state index contributed by atoms with van der Waals surface area (Å²) in [5, 5.41) is 2.64. The fourth-order valence-corrected chi connectivity index (χ4v) is 2.81. The number of fused-ring (bicyclic) bond motifs is 1. The zero-order valence-electron chi connectivity index (χ0n) is 14.0. The second kappa shape index (κ2) is 6.40. The quantitative estimate of drug-likeness (QED) is 0.609. The number of nitrogens with one attached hydrogen (secondary N) is 1. The van der Waals surface area contributed by atoms with Crippen LogP contribution in [0.4, 0.5) is 10.2 Å². The zero-order chi connectivity index (χ0) is 18.1. The van der Waals surface area contributed by atoms with Gasteiger partial charge in [0.25, 0.3) is 5.91 Å². The number of amides is 1. The Morgan fingerprint density at radius 3 is 2.46 bits per heavy atom. The Kier molecular flexibility index (Phi) is 3.93. The van der Waals surface area contributed by atoms with Crippen molar-refractivity contribution >= 4 is 22.9 Å². The molecule has 6 heteroatoms. The number of halogens is 1. The summed E-state index contributed by atoms with van der Waals surface area (Å²) in [4.78, 5) is 21.3. The topological polar surface area (TPSA) is 59.8 Å². The molecule has 0 fully saturated rings. The van der Waals surface area contributed by atoms with Gasteiger partial charge >= 0.3 is 0 Å². The first-order chi connectivity index (χ1) is 12.6. The molecule has 4 aromatic rings. The molecule has 0 saturated carbocycles. The average Bonchev–Trinajstić information content (AvgIpc) is 2.99. The van der Waals surface area contributed by atoms with Crippen LogP contribution in [0.15, 0.2) is 66.7 Å². The van der Waals surface area contributed by atoms with Crippen LogP contribution in [0.3, 0.4) is 0 Å². The van der Waals surface area contributed by atoms with Crippen LogP contribution in [-0.4, -0.2) is 20.4 Å². The van der Waals surface area contributed by atoms with E-state index in [1.165, 1.54) is 18.2 Å². The molecule has 2 aromatic heterocycles. The molecule has 2 aromatic carbocycles. The number of aromatic nitrogens is 3. The van der Waals surface area contributed by atoms with Gasteiger partial charge in [-0.15, -0.1) is 0 Å². The number of aryl methyl sites for hydroxylation is 1. The molecular weight excluding hydrogens is 331 g/mol. The Hall–Kier alpha value is -3.54. The number of rotatable bonds is 3. The third-order valence-electron chi connectivity index (χ3n) is 4.11. The van der Waals surface area contributed by atoms with Crippen molar-refractivity contribution in [3.63, 3.8) is 0 Å². The number of imidazole rings is 1. The molecule has 2 heterocycles. The van der Waals surface area contributed by atoms with E-state index in [9.17, 15) is 9.18 Å². The highest BCUT2D eigenvalue weighted by atomic mass is 19.1. The first kappa shape index (κ1) is 16.0. The Morgan fingerprint density at radius 2 is 1.69 bits per heavy atom. The molecule has 1 amide bonds. The van der Waals surface area contributed by atoms with Crippen molar-refractivity contribution in [2.24, 2.45) is 7.05 Å². The largest absolute Gasteiger partial charge is 0.312 e. The molecule has 0 aliphatic heterocycles. The summed E-state index contributed by atoms with van der Waals surface area (Å²) < 4.78 is 15.6. The molecule has 128 valence electrons. The number of anilines is 1. The van der Waals surface area contributed by atoms with E-state index in [4.69, 9.17) is 0 Å². The summed E-state index contributed by atoms with van der Waals surface area (Å²) in [6, 6.07) is 19.1. The lowest BCUT2D eigenvalue weighted by Gasteiger charge is -2.06. The maximum absolute atomic E-state index is 13.8. The fourth-order valence-electron chi connectivity index (χ4n) is 2.81. The molecule has 0 atom stereocenters. The standard InChI is InChI=1S/C20H15FN4O/c1-25-18(13-7-3-2-4-8-13)22-16-11-12-17(23-19(16)25)24-20(26)14-9-5-6-10-15(14)21/h2-12H,1H3,(H,23,24,26). The third kappa shape index (κ3) is 2.82. The highest BCUT2D eigenvalue weighted by molar-refractivity contribution is 6.04. The van der Waals surface area contributed by atoms with E-state index in [-0.39, 0.29) is 5.56 Å². The van der Waals surface area contributed by atoms with Crippen molar-refractivity contribution in [2.75, 3.05) is 5.32 Å². The Bertz CT molecular complexity index is 1110. The van der Waals surface area contributed by atoms with E-state index in [0.29, 0.717) is 11.5 Å². The van der Waals surface area contributed by atoms with Gasteiger partial charge in [-0.2, -0.15) is 0 Å². The molecule has 1 N–H and O–H groups in total. The van der Waals surface area contributed by atoms with Crippen LogP contribution >= 0.6 is 0 Å². The zero-order valence-corrected chi connectivity index (χ0v) is 14.0. The van der Waals surface area contributed by atoms with E-state index in [2.05, 4.69) is 15.3 Å². The lowest BCUT2D eigenvalue weighted by atomic mass is 10.2. The first-order valence-electron chi connectivity index (χ1n) is 8.08. The van der Waals surface area contributed by atoms with Gasteiger partial charge in [0.15, 0.2) is 5.65 Å². The van der Waals surface area contributed by atoms with Gasteiger partial charge in [0.1, 0.15) is 23.0 Å². The van der Waals surface area contributed by atoms with Crippen molar-refractivity contribution < 1.29 is 9.18 Å². The van der Waals surface area contributed by atoms with E-state index < -0.39 is 11.7 Å². The van der Waals surface area contributed by atoms with Gasteiger partial charge in [0.2, 0.25) is 0 Å². The molecular formula is C20H15FN4O. The molecule has 0 aliphatic carbocycles. The van der Waals surface area contributed by atoms with Crippen molar-refractivity contribution in [3.05, 3.63) is 78.1 Å². The minimum absolute atomic E-state index is 0.0237. The SMILES string of the molecule is Cn1c(-c2ccccc2)nc2ccc(NC(=O)c3ccccc3F)nc21. The van der Waals surface area contributed by atoms with Crippen LogP contribution in [0.25, 0.3) is 22.6 Å². The summed E-state index contributed by atoms with van der Waals surface area (Å²) >= 11 is 0. The van der Waals surface area contributed by atoms with Gasteiger partial charge in [-0.1, -0.05) is 42.5 Å². The maximum Gasteiger partial charge on any atom is 0.259 e. The average molecular weight is 346 g/mol. The molecule has 4 rings (SSSR count). The van der Waals surface area contributed by atoms with E-state index >= 15 is 0 Å². The van der Waals surface area contributed by atoms with Crippen molar-refractivity contribution in [3.8, 4) is 11.4 Å². The number of hydrogen-bond donors (Lipinski definition) is 1. The lowest BCUT2D eigenvalue weighted by molar-refractivity contribution is 0.102. The number of carbonyl (C=O) groups excluding carboxylic acids is 1. The first-order valence-corrected chi connectivity index (χ1v) is 8.08. The molecule has 0 aliphatic rings. The summed E-state index contributed by atoms with van der Waals surface area (Å²) in [7, 11) is 1.87. The van der Waals surface area contributed by atoms with E-state index in [1.807, 2.05) is 41.9 Å². The molecule has 0 spiro atoms. The second-order valence-corrected chi connectivity index (χ2v) is 5.83. The number of benzene rings is 2. The normalized spacial score (nSPS) is 10.8. The predicted octanol–water partition coefficient (Wildman–Crippen LogP) is 4.03.